The van der Waals surface area contributed by atoms with Crippen LogP contribution >= 0.6 is 15.9 Å². The highest BCUT2D eigenvalue weighted by Gasteiger charge is 2.34. The van der Waals surface area contributed by atoms with E-state index in [1.807, 2.05) is 29.2 Å². The molecule has 0 fully saturated rings. The summed E-state index contributed by atoms with van der Waals surface area (Å²) in [6, 6.07) is 12.4. The predicted molar refractivity (Wildman–Crippen MR) is 81.2 cm³/mol. The van der Waals surface area contributed by atoms with Crippen LogP contribution in [0.25, 0.3) is 0 Å². The third kappa shape index (κ3) is 2.67. The quantitative estimate of drug-likeness (QED) is 0.661. The van der Waals surface area contributed by atoms with Gasteiger partial charge in [0.15, 0.2) is 0 Å². The van der Waals surface area contributed by atoms with Gasteiger partial charge in [0, 0.05) is 23.2 Å². The number of nitrogens with zero attached hydrogens (tertiary/aromatic N) is 1. The molecule has 0 atom stereocenters. The molecule has 0 saturated heterocycles. The maximum atomic E-state index is 13.2. The SMILES string of the molecule is FC(F)(F)c1cc(N2CCc3ccccc32)ccc1CBr. The molecule has 3 rings (SSSR count). The van der Waals surface area contributed by atoms with Crippen molar-refractivity contribution in [2.24, 2.45) is 0 Å². The van der Waals surface area contributed by atoms with E-state index >= 15 is 0 Å². The van der Waals surface area contributed by atoms with Gasteiger partial charge in [-0.2, -0.15) is 13.2 Å². The normalized spacial score (nSPS) is 14.4. The summed E-state index contributed by atoms with van der Waals surface area (Å²) in [6.07, 6.45) is -3.48. The van der Waals surface area contributed by atoms with Crippen molar-refractivity contribution in [3.63, 3.8) is 0 Å². The molecule has 21 heavy (non-hydrogen) atoms. The molecule has 0 unspecified atom stereocenters. The zero-order chi connectivity index (χ0) is 15.0. The molecular weight excluding hydrogens is 343 g/mol. The minimum Gasteiger partial charge on any atom is -0.341 e. The Hall–Kier alpha value is -1.49. The van der Waals surface area contributed by atoms with E-state index in [1.165, 1.54) is 11.6 Å². The summed E-state index contributed by atoms with van der Waals surface area (Å²) in [5.41, 5.74) is 2.46. The lowest BCUT2D eigenvalue weighted by atomic mass is 10.1. The van der Waals surface area contributed by atoms with E-state index in [2.05, 4.69) is 15.9 Å². The number of alkyl halides is 4. The van der Waals surface area contributed by atoms with Crippen molar-refractivity contribution in [1.29, 1.82) is 0 Å². The third-order valence-electron chi connectivity index (χ3n) is 3.74. The standard InChI is InChI=1S/C16H13BrF3N/c17-10-12-5-6-13(9-14(12)16(18,19)20)21-8-7-11-3-1-2-4-15(11)21/h1-6,9H,7-8,10H2. The molecule has 0 bridgehead atoms. The molecule has 0 radical (unpaired) electrons. The number of halogens is 4. The van der Waals surface area contributed by atoms with E-state index < -0.39 is 11.7 Å². The van der Waals surface area contributed by atoms with Gasteiger partial charge in [-0.1, -0.05) is 40.2 Å². The van der Waals surface area contributed by atoms with Crippen molar-refractivity contribution in [3.8, 4) is 0 Å². The fourth-order valence-corrected chi connectivity index (χ4v) is 3.21. The Morgan fingerprint density at radius 3 is 2.57 bits per heavy atom. The van der Waals surface area contributed by atoms with Crippen molar-refractivity contribution in [1.82, 2.24) is 0 Å². The first-order valence-corrected chi connectivity index (χ1v) is 7.74. The van der Waals surface area contributed by atoms with Gasteiger partial charge in [-0.05, 0) is 35.7 Å². The summed E-state index contributed by atoms with van der Waals surface area (Å²) in [5.74, 6) is 0. The molecule has 1 aliphatic heterocycles. The first-order chi connectivity index (χ1) is 10.0. The number of hydrogen-bond acceptors (Lipinski definition) is 1. The van der Waals surface area contributed by atoms with Gasteiger partial charge < -0.3 is 4.90 Å². The van der Waals surface area contributed by atoms with Crippen LogP contribution in [-0.4, -0.2) is 6.54 Å². The summed E-state index contributed by atoms with van der Waals surface area (Å²) in [6.45, 7) is 0.713. The molecule has 5 heteroatoms. The molecule has 1 nitrogen and oxygen atoms in total. The van der Waals surface area contributed by atoms with Gasteiger partial charge in [0.25, 0.3) is 0 Å². The second kappa shape index (κ2) is 5.37. The van der Waals surface area contributed by atoms with E-state index in [0.29, 0.717) is 12.2 Å². The zero-order valence-corrected chi connectivity index (χ0v) is 12.7. The molecule has 0 aromatic heterocycles. The highest BCUT2D eigenvalue weighted by molar-refractivity contribution is 9.08. The predicted octanol–water partition coefficient (Wildman–Crippen LogP) is 5.29. The molecule has 110 valence electrons. The molecule has 1 heterocycles. The minimum absolute atomic E-state index is 0.193. The number of rotatable bonds is 2. The van der Waals surface area contributed by atoms with Gasteiger partial charge in [0.1, 0.15) is 0 Å². The van der Waals surface area contributed by atoms with Gasteiger partial charge >= 0.3 is 6.18 Å². The molecule has 0 amide bonds. The topological polar surface area (TPSA) is 3.24 Å². The smallest absolute Gasteiger partial charge is 0.341 e. The van der Waals surface area contributed by atoms with E-state index in [9.17, 15) is 13.2 Å². The summed E-state index contributed by atoms with van der Waals surface area (Å²) < 4.78 is 39.5. The maximum absolute atomic E-state index is 13.2. The van der Waals surface area contributed by atoms with E-state index in [-0.39, 0.29) is 10.9 Å². The highest BCUT2D eigenvalue weighted by Crippen LogP contribution is 2.39. The van der Waals surface area contributed by atoms with Crippen molar-refractivity contribution < 1.29 is 13.2 Å². The largest absolute Gasteiger partial charge is 0.416 e. The monoisotopic (exact) mass is 355 g/mol. The Balaban J connectivity index is 2.05. The van der Waals surface area contributed by atoms with E-state index in [0.717, 1.165) is 12.1 Å². The van der Waals surface area contributed by atoms with Crippen molar-refractivity contribution in [3.05, 3.63) is 59.2 Å². The number of hydrogen-bond donors (Lipinski definition) is 0. The van der Waals surface area contributed by atoms with Crippen LogP contribution in [0, 0.1) is 0 Å². The molecule has 0 N–H and O–H groups in total. The minimum atomic E-state index is -4.33. The number of fused-ring (bicyclic) bond motifs is 1. The Bertz CT molecular complexity index is 667. The Kier molecular flexibility index (Phi) is 3.69. The Labute approximate surface area is 129 Å². The lowest BCUT2D eigenvalue weighted by molar-refractivity contribution is -0.138. The van der Waals surface area contributed by atoms with Crippen LogP contribution in [0.15, 0.2) is 42.5 Å². The molecule has 2 aromatic rings. The lowest BCUT2D eigenvalue weighted by Gasteiger charge is -2.22. The van der Waals surface area contributed by atoms with Gasteiger partial charge in [0.05, 0.1) is 5.56 Å². The summed E-state index contributed by atoms with van der Waals surface area (Å²) in [5, 5.41) is 0.193. The van der Waals surface area contributed by atoms with Crippen molar-refractivity contribution in [2.45, 2.75) is 17.9 Å². The van der Waals surface area contributed by atoms with E-state index in [4.69, 9.17) is 0 Å². The fourth-order valence-electron chi connectivity index (χ4n) is 2.72. The van der Waals surface area contributed by atoms with Crippen LogP contribution in [0.2, 0.25) is 0 Å². The van der Waals surface area contributed by atoms with Crippen LogP contribution in [0.3, 0.4) is 0 Å². The van der Waals surface area contributed by atoms with Crippen LogP contribution < -0.4 is 4.90 Å². The first-order valence-electron chi connectivity index (χ1n) is 6.62. The van der Waals surface area contributed by atoms with Gasteiger partial charge in [-0.15, -0.1) is 0 Å². The van der Waals surface area contributed by atoms with Crippen LogP contribution in [0.4, 0.5) is 24.5 Å². The van der Waals surface area contributed by atoms with Crippen molar-refractivity contribution >= 4 is 27.3 Å². The average Bonchev–Trinajstić information content (AvgIpc) is 2.89. The second-order valence-electron chi connectivity index (χ2n) is 5.00. The molecule has 1 aliphatic rings. The molecule has 0 spiro atoms. The van der Waals surface area contributed by atoms with Crippen LogP contribution in [-0.2, 0) is 17.9 Å². The van der Waals surface area contributed by atoms with Gasteiger partial charge in [-0.25, -0.2) is 0 Å². The van der Waals surface area contributed by atoms with Crippen LogP contribution in [0.5, 0.6) is 0 Å². The molecule has 0 saturated carbocycles. The number of para-hydroxylation sites is 1. The third-order valence-corrected chi connectivity index (χ3v) is 4.35. The van der Waals surface area contributed by atoms with Crippen LogP contribution in [0.1, 0.15) is 16.7 Å². The fraction of sp³-hybridized carbons (Fsp3) is 0.250. The second-order valence-corrected chi connectivity index (χ2v) is 5.56. The van der Waals surface area contributed by atoms with Gasteiger partial charge in [0.2, 0.25) is 0 Å². The first kappa shape index (κ1) is 14.4. The lowest BCUT2D eigenvalue weighted by Crippen LogP contribution is -2.16. The molecular formula is C16H13BrF3N. The number of anilines is 2. The Morgan fingerprint density at radius 1 is 1.10 bits per heavy atom. The summed E-state index contributed by atoms with van der Waals surface area (Å²) in [4.78, 5) is 1.95. The maximum Gasteiger partial charge on any atom is 0.416 e. The highest BCUT2D eigenvalue weighted by atomic mass is 79.9. The average molecular weight is 356 g/mol. The molecule has 2 aromatic carbocycles. The van der Waals surface area contributed by atoms with E-state index in [1.54, 1.807) is 12.1 Å². The summed E-state index contributed by atoms with van der Waals surface area (Å²) in [7, 11) is 0. The number of benzene rings is 2. The molecule has 0 aliphatic carbocycles. The van der Waals surface area contributed by atoms with Crippen molar-refractivity contribution in [2.75, 3.05) is 11.4 Å². The Morgan fingerprint density at radius 2 is 1.86 bits per heavy atom. The summed E-state index contributed by atoms with van der Waals surface area (Å²) >= 11 is 3.12. The zero-order valence-electron chi connectivity index (χ0n) is 11.1. The van der Waals surface area contributed by atoms with Gasteiger partial charge in [-0.3, -0.25) is 0 Å².